The molecular formula is C15H16N2. The van der Waals surface area contributed by atoms with E-state index in [2.05, 4.69) is 36.9 Å². The summed E-state index contributed by atoms with van der Waals surface area (Å²) in [6, 6.07) is 10.3. The first-order chi connectivity index (χ1) is 8.31. The van der Waals surface area contributed by atoms with Gasteiger partial charge in [0.05, 0.1) is 0 Å². The number of hydrogen-bond acceptors (Lipinski definition) is 2. The van der Waals surface area contributed by atoms with Crippen LogP contribution in [0.25, 0.3) is 11.1 Å². The van der Waals surface area contributed by atoms with Crippen LogP contribution < -0.4 is 5.73 Å². The molecule has 0 saturated heterocycles. The van der Waals surface area contributed by atoms with Crippen LogP contribution in [-0.2, 0) is 6.54 Å². The SMILES string of the molecule is C#C.Cc1ccncc1-c1cccc(CN)c1. The summed E-state index contributed by atoms with van der Waals surface area (Å²) in [6.07, 6.45) is 11.7. The minimum atomic E-state index is 0.577. The molecule has 2 rings (SSSR count). The van der Waals surface area contributed by atoms with E-state index in [1.165, 1.54) is 16.7 Å². The van der Waals surface area contributed by atoms with E-state index < -0.39 is 0 Å². The summed E-state index contributed by atoms with van der Waals surface area (Å²) in [4.78, 5) is 4.15. The molecule has 2 heteroatoms. The van der Waals surface area contributed by atoms with Crippen molar-refractivity contribution < 1.29 is 0 Å². The second kappa shape index (κ2) is 6.47. The second-order valence-electron chi connectivity index (χ2n) is 3.60. The van der Waals surface area contributed by atoms with Crippen molar-refractivity contribution in [3.63, 3.8) is 0 Å². The molecular weight excluding hydrogens is 208 g/mol. The number of aromatic nitrogens is 1. The highest BCUT2D eigenvalue weighted by atomic mass is 14.6. The lowest BCUT2D eigenvalue weighted by Crippen LogP contribution is -1.96. The molecule has 17 heavy (non-hydrogen) atoms. The van der Waals surface area contributed by atoms with Crippen molar-refractivity contribution in [3.8, 4) is 24.0 Å². The Kier molecular flexibility index (Phi) is 4.93. The summed E-state index contributed by atoms with van der Waals surface area (Å²) >= 11 is 0. The van der Waals surface area contributed by atoms with Gasteiger partial charge in [0.15, 0.2) is 0 Å². The van der Waals surface area contributed by atoms with Crippen molar-refractivity contribution in [2.24, 2.45) is 5.73 Å². The van der Waals surface area contributed by atoms with E-state index in [9.17, 15) is 0 Å². The topological polar surface area (TPSA) is 38.9 Å². The summed E-state index contributed by atoms with van der Waals surface area (Å²) in [7, 11) is 0. The average Bonchev–Trinajstić information content (AvgIpc) is 2.42. The largest absolute Gasteiger partial charge is 0.326 e. The van der Waals surface area contributed by atoms with Gasteiger partial charge in [-0.1, -0.05) is 18.2 Å². The minimum absolute atomic E-state index is 0.577. The quantitative estimate of drug-likeness (QED) is 0.797. The first-order valence-electron chi connectivity index (χ1n) is 5.34. The van der Waals surface area contributed by atoms with Gasteiger partial charge in [-0.05, 0) is 35.7 Å². The number of terminal acetylenes is 1. The normalized spacial score (nSPS) is 9.18. The van der Waals surface area contributed by atoms with E-state index in [1.807, 2.05) is 30.6 Å². The summed E-state index contributed by atoms with van der Waals surface area (Å²) < 4.78 is 0. The highest BCUT2D eigenvalue weighted by molar-refractivity contribution is 5.66. The van der Waals surface area contributed by atoms with Gasteiger partial charge >= 0.3 is 0 Å². The van der Waals surface area contributed by atoms with Crippen molar-refractivity contribution in [1.82, 2.24) is 4.98 Å². The Bertz CT molecular complexity index is 501. The van der Waals surface area contributed by atoms with Gasteiger partial charge in [-0.15, -0.1) is 12.8 Å². The van der Waals surface area contributed by atoms with Crippen LogP contribution in [0.1, 0.15) is 11.1 Å². The van der Waals surface area contributed by atoms with Crippen LogP contribution in [0.5, 0.6) is 0 Å². The van der Waals surface area contributed by atoms with E-state index >= 15 is 0 Å². The summed E-state index contributed by atoms with van der Waals surface area (Å²) in [5.41, 5.74) is 10.4. The number of aryl methyl sites for hydroxylation is 1. The Morgan fingerprint density at radius 1 is 1.24 bits per heavy atom. The average molecular weight is 224 g/mol. The fourth-order valence-electron chi connectivity index (χ4n) is 1.63. The molecule has 86 valence electrons. The highest BCUT2D eigenvalue weighted by Crippen LogP contribution is 2.22. The maximum Gasteiger partial charge on any atom is 0.0349 e. The van der Waals surface area contributed by atoms with Crippen molar-refractivity contribution in [1.29, 1.82) is 0 Å². The molecule has 0 radical (unpaired) electrons. The molecule has 2 N–H and O–H groups in total. The molecule has 1 aromatic heterocycles. The third kappa shape index (κ3) is 3.17. The van der Waals surface area contributed by atoms with Crippen LogP contribution in [0, 0.1) is 19.8 Å². The van der Waals surface area contributed by atoms with Crippen molar-refractivity contribution in [3.05, 3.63) is 53.9 Å². The van der Waals surface area contributed by atoms with E-state index in [0.29, 0.717) is 6.54 Å². The van der Waals surface area contributed by atoms with Gasteiger partial charge in [-0.25, -0.2) is 0 Å². The summed E-state index contributed by atoms with van der Waals surface area (Å²) in [6.45, 7) is 2.67. The van der Waals surface area contributed by atoms with Crippen LogP contribution in [-0.4, -0.2) is 4.98 Å². The van der Waals surface area contributed by atoms with Gasteiger partial charge in [-0.3, -0.25) is 4.98 Å². The summed E-state index contributed by atoms with van der Waals surface area (Å²) in [5, 5.41) is 0. The van der Waals surface area contributed by atoms with Crippen LogP contribution in [0.4, 0.5) is 0 Å². The lowest BCUT2D eigenvalue weighted by atomic mass is 10.0. The van der Waals surface area contributed by atoms with Gasteiger partial charge in [0.2, 0.25) is 0 Å². The molecule has 0 saturated carbocycles. The number of pyridine rings is 1. The van der Waals surface area contributed by atoms with E-state index in [0.717, 1.165) is 5.56 Å². The molecule has 2 aromatic rings. The Hall–Kier alpha value is -2.11. The molecule has 1 heterocycles. The molecule has 0 atom stereocenters. The lowest BCUT2D eigenvalue weighted by Gasteiger charge is -2.06. The first-order valence-corrected chi connectivity index (χ1v) is 5.34. The molecule has 2 nitrogen and oxygen atoms in total. The molecule has 0 aliphatic carbocycles. The molecule has 0 amide bonds. The maximum absolute atomic E-state index is 5.62. The predicted molar refractivity (Wildman–Crippen MR) is 72.2 cm³/mol. The zero-order chi connectivity index (χ0) is 12.7. The second-order valence-corrected chi connectivity index (χ2v) is 3.60. The Labute approximate surface area is 103 Å². The minimum Gasteiger partial charge on any atom is -0.326 e. The molecule has 1 aromatic carbocycles. The van der Waals surface area contributed by atoms with Crippen molar-refractivity contribution >= 4 is 0 Å². The molecule has 0 fully saturated rings. The number of hydrogen-bond donors (Lipinski definition) is 1. The van der Waals surface area contributed by atoms with Crippen LogP contribution in [0.3, 0.4) is 0 Å². The van der Waals surface area contributed by atoms with Gasteiger partial charge in [-0.2, -0.15) is 0 Å². The van der Waals surface area contributed by atoms with Crippen molar-refractivity contribution in [2.45, 2.75) is 13.5 Å². The van der Waals surface area contributed by atoms with E-state index in [-0.39, 0.29) is 0 Å². The monoisotopic (exact) mass is 224 g/mol. The zero-order valence-corrected chi connectivity index (χ0v) is 9.93. The number of benzene rings is 1. The van der Waals surface area contributed by atoms with Crippen LogP contribution in [0.2, 0.25) is 0 Å². The van der Waals surface area contributed by atoms with Gasteiger partial charge < -0.3 is 5.73 Å². The van der Waals surface area contributed by atoms with Crippen molar-refractivity contribution in [2.75, 3.05) is 0 Å². The van der Waals surface area contributed by atoms with E-state index in [1.54, 1.807) is 0 Å². The fraction of sp³-hybridized carbons (Fsp3) is 0.133. The van der Waals surface area contributed by atoms with Gasteiger partial charge in [0.25, 0.3) is 0 Å². The van der Waals surface area contributed by atoms with E-state index in [4.69, 9.17) is 5.73 Å². The number of rotatable bonds is 2. The fourth-order valence-corrected chi connectivity index (χ4v) is 1.63. The van der Waals surface area contributed by atoms with Gasteiger partial charge in [0, 0.05) is 24.5 Å². The molecule has 0 aliphatic heterocycles. The zero-order valence-electron chi connectivity index (χ0n) is 9.93. The Balaban J connectivity index is 0.000000686. The van der Waals surface area contributed by atoms with Gasteiger partial charge in [0.1, 0.15) is 0 Å². The van der Waals surface area contributed by atoms with Crippen LogP contribution >= 0.6 is 0 Å². The number of nitrogens with two attached hydrogens (primary N) is 1. The maximum atomic E-state index is 5.62. The third-order valence-corrected chi connectivity index (χ3v) is 2.51. The third-order valence-electron chi connectivity index (χ3n) is 2.51. The van der Waals surface area contributed by atoms with Crippen LogP contribution in [0.15, 0.2) is 42.7 Å². The first kappa shape index (κ1) is 13.0. The number of nitrogens with zero attached hydrogens (tertiary/aromatic N) is 1. The predicted octanol–water partition coefficient (Wildman–Crippen LogP) is 2.77. The standard InChI is InChI=1S/C13H14N2.C2H2/c1-10-5-6-15-9-13(10)12-4-2-3-11(7-12)8-14;1-2/h2-7,9H,8,14H2,1H3;1-2H. The molecule has 0 aliphatic rings. The summed E-state index contributed by atoms with van der Waals surface area (Å²) in [5.74, 6) is 0. The molecule has 0 unspecified atom stereocenters. The Morgan fingerprint density at radius 3 is 2.65 bits per heavy atom. The molecule has 0 bridgehead atoms. The lowest BCUT2D eigenvalue weighted by molar-refractivity contribution is 1.07. The Morgan fingerprint density at radius 2 is 2.00 bits per heavy atom. The smallest absolute Gasteiger partial charge is 0.0349 e. The molecule has 0 spiro atoms. The highest BCUT2D eigenvalue weighted by Gasteiger charge is 2.01.